The topological polar surface area (TPSA) is 56.7 Å². The van der Waals surface area contributed by atoms with Gasteiger partial charge in [-0.3, -0.25) is 4.57 Å². The SMILES string of the molecule is c1ccc(-c2nc(-c3ccc4oc5ccc(-c6ccc7c(c6)sc6ccccc67)cc5c4c3)nc(-n3c4ccccc4c4ccccc43)n2)cc1. The van der Waals surface area contributed by atoms with Gasteiger partial charge in [0.05, 0.1) is 11.0 Å². The van der Waals surface area contributed by atoms with Gasteiger partial charge in [0.1, 0.15) is 11.2 Å². The van der Waals surface area contributed by atoms with Crippen molar-refractivity contribution in [2.75, 3.05) is 0 Å². The van der Waals surface area contributed by atoms with Crippen molar-refractivity contribution in [2.24, 2.45) is 0 Å². The molecular weight excluding hydrogens is 645 g/mol. The van der Waals surface area contributed by atoms with E-state index in [9.17, 15) is 0 Å². The molecule has 0 unspecified atom stereocenters. The summed E-state index contributed by atoms with van der Waals surface area (Å²) in [5.41, 5.74) is 7.92. The van der Waals surface area contributed by atoms with Gasteiger partial charge in [-0.15, -0.1) is 11.3 Å². The van der Waals surface area contributed by atoms with Gasteiger partial charge in [0.2, 0.25) is 5.95 Å². The molecule has 238 valence electrons. The maximum atomic E-state index is 6.36. The summed E-state index contributed by atoms with van der Waals surface area (Å²) in [7, 11) is 0. The van der Waals surface area contributed by atoms with Crippen LogP contribution in [0.5, 0.6) is 0 Å². The van der Waals surface area contributed by atoms with Gasteiger partial charge in [-0.2, -0.15) is 9.97 Å². The maximum absolute atomic E-state index is 6.36. The largest absolute Gasteiger partial charge is 0.456 e. The van der Waals surface area contributed by atoms with Crippen molar-refractivity contribution in [3.05, 3.63) is 158 Å². The molecule has 0 fully saturated rings. The van der Waals surface area contributed by atoms with E-state index in [1.54, 1.807) is 0 Å². The Kier molecular flexibility index (Phi) is 6.05. The number of para-hydroxylation sites is 2. The summed E-state index contributed by atoms with van der Waals surface area (Å²) < 4.78 is 11.1. The first-order chi connectivity index (χ1) is 25.2. The van der Waals surface area contributed by atoms with Crippen molar-refractivity contribution in [1.29, 1.82) is 0 Å². The molecule has 0 aliphatic rings. The number of thiophene rings is 1. The molecule has 4 aromatic heterocycles. The third-order valence-corrected chi connectivity index (χ3v) is 11.0. The van der Waals surface area contributed by atoms with Crippen molar-refractivity contribution in [2.45, 2.75) is 0 Å². The van der Waals surface area contributed by atoms with E-state index in [1.165, 1.54) is 25.7 Å². The fourth-order valence-corrected chi connectivity index (χ4v) is 8.60. The fraction of sp³-hybridized carbons (Fsp3) is 0. The monoisotopic (exact) mass is 670 g/mol. The Balaban J connectivity index is 1.09. The zero-order chi connectivity index (χ0) is 33.5. The van der Waals surface area contributed by atoms with Crippen LogP contribution in [0, 0.1) is 0 Å². The number of nitrogens with zero attached hydrogens (tertiary/aromatic N) is 4. The molecule has 0 aliphatic carbocycles. The Bertz CT molecular complexity index is 3100. The molecule has 5 nitrogen and oxygen atoms in total. The van der Waals surface area contributed by atoms with Gasteiger partial charge in [0.25, 0.3) is 0 Å². The molecule has 7 aromatic carbocycles. The second-order valence-electron chi connectivity index (χ2n) is 12.9. The highest BCUT2D eigenvalue weighted by atomic mass is 32.1. The first-order valence-corrected chi connectivity index (χ1v) is 17.8. The second kappa shape index (κ2) is 10.9. The summed E-state index contributed by atoms with van der Waals surface area (Å²) in [6.07, 6.45) is 0. The summed E-state index contributed by atoms with van der Waals surface area (Å²) in [6, 6.07) is 55.0. The smallest absolute Gasteiger partial charge is 0.238 e. The number of hydrogen-bond acceptors (Lipinski definition) is 5. The third-order valence-electron chi connectivity index (χ3n) is 9.88. The van der Waals surface area contributed by atoms with Crippen LogP contribution in [0.15, 0.2) is 162 Å². The van der Waals surface area contributed by atoms with Crippen LogP contribution in [0.4, 0.5) is 0 Å². The number of aromatic nitrogens is 4. The zero-order valence-corrected chi connectivity index (χ0v) is 27.9. The van der Waals surface area contributed by atoms with E-state index in [2.05, 4.69) is 120 Å². The molecule has 11 rings (SSSR count). The van der Waals surface area contributed by atoms with Crippen LogP contribution < -0.4 is 0 Å². The lowest BCUT2D eigenvalue weighted by molar-refractivity contribution is 0.669. The van der Waals surface area contributed by atoms with Gasteiger partial charge in [-0.25, -0.2) is 4.98 Å². The summed E-state index contributed by atoms with van der Waals surface area (Å²) in [6.45, 7) is 0. The quantitative estimate of drug-likeness (QED) is 0.187. The number of hydrogen-bond donors (Lipinski definition) is 0. The average Bonchev–Trinajstić information content (AvgIpc) is 3.86. The summed E-state index contributed by atoms with van der Waals surface area (Å²) >= 11 is 1.84. The van der Waals surface area contributed by atoms with Gasteiger partial charge in [-0.1, -0.05) is 103 Å². The predicted octanol–water partition coefficient (Wildman–Crippen LogP) is 12.2. The third kappa shape index (κ3) is 4.43. The van der Waals surface area contributed by atoms with Crippen molar-refractivity contribution >= 4 is 75.3 Å². The zero-order valence-electron chi connectivity index (χ0n) is 27.1. The first kappa shape index (κ1) is 28.2. The van der Waals surface area contributed by atoms with E-state index in [-0.39, 0.29) is 0 Å². The maximum Gasteiger partial charge on any atom is 0.238 e. The molecule has 0 bridgehead atoms. The fourth-order valence-electron chi connectivity index (χ4n) is 7.45. The molecule has 0 radical (unpaired) electrons. The highest BCUT2D eigenvalue weighted by Crippen LogP contribution is 2.39. The summed E-state index contributed by atoms with van der Waals surface area (Å²) in [4.78, 5) is 15.3. The Hall–Kier alpha value is -6.63. The minimum absolute atomic E-state index is 0.576. The van der Waals surface area contributed by atoms with Crippen molar-refractivity contribution in [3.8, 4) is 39.9 Å². The number of fused-ring (bicyclic) bond motifs is 9. The molecule has 0 atom stereocenters. The van der Waals surface area contributed by atoms with Crippen LogP contribution in [0.2, 0.25) is 0 Å². The lowest BCUT2D eigenvalue weighted by atomic mass is 10.0. The van der Waals surface area contributed by atoms with Gasteiger partial charge in [0, 0.05) is 52.8 Å². The normalized spacial score (nSPS) is 11.9. The molecule has 0 amide bonds. The lowest BCUT2D eigenvalue weighted by Crippen LogP contribution is -2.06. The first-order valence-electron chi connectivity index (χ1n) is 16.9. The Morgan fingerprint density at radius 1 is 0.392 bits per heavy atom. The minimum Gasteiger partial charge on any atom is -0.456 e. The van der Waals surface area contributed by atoms with Gasteiger partial charge >= 0.3 is 0 Å². The van der Waals surface area contributed by atoms with E-state index in [1.807, 2.05) is 53.8 Å². The molecule has 6 heteroatoms. The lowest BCUT2D eigenvalue weighted by Gasteiger charge is -2.11. The predicted molar refractivity (Wildman–Crippen MR) is 211 cm³/mol. The van der Waals surface area contributed by atoms with E-state index < -0.39 is 0 Å². The number of benzene rings is 7. The van der Waals surface area contributed by atoms with Crippen molar-refractivity contribution in [3.63, 3.8) is 0 Å². The van der Waals surface area contributed by atoms with E-state index in [4.69, 9.17) is 19.4 Å². The molecule has 0 N–H and O–H groups in total. The van der Waals surface area contributed by atoms with Crippen LogP contribution in [-0.4, -0.2) is 19.5 Å². The number of rotatable bonds is 4. The van der Waals surface area contributed by atoms with E-state index in [0.717, 1.165) is 60.4 Å². The van der Waals surface area contributed by atoms with Gasteiger partial charge in [-0.05, 0) is 65.7 Å². The van der Waals surface area contributed by atoms with Crippen LogP contribution in [0.3, 0.4) is 0 Å². The van der Waals surface area contributed by atoms with E-state index in [0.29, 0.717) is 17.6 Å². The Morgan fingerprint density at radius 2 is 0.941 bits per heavy atom. The molecule has 0 aliphatic heterocycles. The van der Waals surface area contributed by atoms with E-state index >= 15 is 0 Å². The second-order valence-corrected chi connectivity index (χ2v) is 13.9. The highest BCUT2D eigenvalue weighted by molar-refractivity contribution is 7.25. The van der Waals surface area contributed by atoms with Crippen molar-refractivity contribution < 1.29 is 4.42 Å². The average molecular weight is 671 g/mol. The van der Waals surface area contributed by atoms with Crippen LogP contribution in [0.25, 0.3) is 104 Å². The summed E-state index contributed by atoms with van der Waals surface area (Å²) in [5, 5.41) is 7.00. The molecule has 4 heterocycles. The van der Waals surface area contributed by atoms with Crippen LogP contribution >= 0.6 is 11.3 Å². The summed E-state index contributed by atoms with van der Waals surface area (Å²) in [5.74, 6) is 1.80. The molecule has 51 heavy (non-hydrogen) atoms. The molecular formula is C45H26N4OS. The Labute approximate surface area is 295 Å². The van der Waals surface area contributed by atoms with Crippen molar-refractivity contribution in [1.82, 2.24) is 19.5 Å². The molecule has 0 saturated carbocycles. The minimum atomic E-state index is 0.576. The molecule has 0 spiro atoms. The highest BCUT2D eigenvalue weighted by Gasteiger charge is 2.19. The molecule has 11 aromatic rings. The van der Waals surface area contributed by atoms with Crippen LogP contribution in [0.1, 0.15) is 0 Å². The Morgan fingerprint density at radius 3 is 1.69 bits per heavy atom. The standard InChI is InChI=1S/C45H26N4OS/c1-2-10-27(11-3-1)43-46-44(48-45(47-43)49-37-15-7-4-12-31(37)32-13-5-8-16-38(32)49)30-20-23-40-36(25-30)35-24-28(19-22-39(35)50-40)29-18-21-34-33-14-6-9-17-41(33)51-42(34)26-29/h1-26H. The van der Waals surface area contributed by atoms with Gasteiger partial charge in [0.15, 0.2) is 11.6 Å². The number of furan rings is 1. The molecule has 0 saturated heterocycles. The van der Waals surface area contributed by atoms with Crippen LogP contribution in [-0.2, 0) is 0 Å². The van der Waals surface area contributed by atoms with Gasteiger partial charge < -0.3 is 4.42 Å².